The van der Waals surface area contributed by atoms with Crippen LogP contribution in [0, 0.1) is 80.8 Å². The van der Waals surface area contributed by atoms with Gasteiger partial charge in [0.25, 0.3) is 23.6 Å². The molecular formula is C42H14F10N4O4. The van der Waals surface area contributed by atoms with Gasteiger partial charge in [-0.05, 0) is 53.3 Å². The van der Waals surface area contributed by atoms with E-state index in [1.165, 1.54) is 24.3 Å². The molecule has 0 radical (unpaired) electrons. The first kappa shape index (κ1) is 37.9. The zero-order chi connectivity index (χ0) is 43.0. The minimum atomic E-state index is -2.41. The quantitative estimate of drug-likeness (QED) is 0.0414. The molecule has 18 heteroatoms. The zero-order valence-corrected chi connectivity index (χ0v) is 29.5. The molecule has 2 aliphatic rings. The van der Waals surface area contributed by atoms with E-state index in [1.54, 1.807) is 0 Å². The van der Waals surface area contributed by atoms with Crippen molar-refractivity contribution in [1.82, 2.24) is 9.80 Å². The number of halogens is 10. The molecule has 2 heterocycles. The standard InChI is InChI=1S/C42H14F10N4O4/c43-29-19(30(44)34(48)37(51)33(29)47)5-7-55-39(57)17-3-1-15-23-13(11-53)9-21-27-22(10-14(12-54)24(28(23)27)16-2-4-18(40(55)58)26(17)25(15)16)42(60)56(41(21)59)8-6-20-31(45)35(49)38(52)36(50)32(20)46/h1-4,9-10H,5-8H2. The monoisotopic (exact) mass is 828 g/mol. The number of benzene rings is 7. The number of hydrogen-bond donors (Lipinski definition) is 0. The van der Waals surface area contributed by atoms with Crippen LogP contribution in [0.15, 0.2) is 36.4 Å². The van der Waals surface area contributed by atoms with Crippen molar-refractivity contribution in [2.75, 3.05) is 13.1 Å². The summed E-state index contributed by atoms with van der Waals surface area (Å²) >= 11 is 0. The summed E-state index contributed by atoms with van der Waals surface area (Å²) in [5, 5.41) is 21.7. The topological polar surface area (TPSA) is 122 Å². The zero-order valence-electron chi connectivity index (χ0n) is 29.5. The second kappa shape index (κ2) is 13.0. The molecule has 0 aromatic heterocycles. The van der Waals surface area contributed by atoms with Gasteiger partial charge in [0.2, 0.25) is 11.6 Å². The Morgan fingerprint density at radius 1 is 0.400 bits per heavy atom. The van der Waals surface area contributed by atoms with Crippen molar-refractivity contribution in [3.05, 3.63) is 139 Å². The summed E-state index contributed by atoms with van der Waals surface area (Å²) < 4.78 is 141. The Kier molecular flexibility index (Phi) is 8.19. The number of fused-ring (bicyclic) bond motifs is 2. The van der Waals surface area contributed by atoms with Crippen molar-refractivity contribution >= 4 is 66.7 Å². The van der Waals surface area contributed by atoms with Gasteiger partial charge in [-0.3, -0.25) is 29.0 Å². The number of carbonyl (C=O) groups is 4. The maximum atomic E-state index is 14.5. The summed E-state index contributed by atoms with van der Waals surface area (Å²) in [6.45, 7) is -1.70. The molecule has 0 aliphatic carbocycles. The second-order valence-corrected chi connectivity index (χ2v) is 13.9. The minimum Gasteiger partial charge on any atom is -0.274 e. The van der Waals surface area contributed by atoms with Gasteiger partial charge in [0.15, 0.2) is 46.5 Å². The van der Waals surface area contributed by atoms with Gasteiger partial charge in [0, 0.05) is 62.3 Å². The second-order valence-electron chi connectivity index (χ2n) is 13.9. The molecule has 2 aliphatic heterocycles. The van der Waals surface area contributed by atoms with Crippen LogP contribution in [0.3, 0.4) is 0 Å². The molecule has 0 saturated carbocycles. The molecule has 0 spiro atoms. The Morgan fingerprint density at radius 2 is 0.717 bits per heavy atom. The van der Waals surface area contributed by atoms with Gasteiger partial charge >= 0.3 is 0 Å². The normalized spacial score (nSPS) is 13.8. The summed E-state index contributed by atoms with van der Waals surface area (Å²) in [5.74, 6) is -26.5. The van der Waals surface area contributed by atoms with Crippen LogP contribution in [-0.4, -0.2) is 46.5 Å². The molecule has 0 unspecified atom stereocenters. The first-order valence-corrected chi connectivity index (χ1v) is 17.4. The molecule has 0 bridgehead atoms. The van der Waals surface area contributed by atoms with E-state index in [-0.39, 0.29) is 76.5 Å². The lowest BCUT2D eigenvalue weighted by atomic mass is 9.79. The highest BCUT2D eigenvalue weighted by atomic mass is 19.2. The van der Waals surface area contributed by atoms with Crippen molar-refractivity contribution in [2.24, 2.45) is 0 Å². The first-order valence-electron chi connectivity index (χ1n) is 17.4. The van der Waals surface area contributed by atoms with Crippen molar-refractivity contribution < 1.29 is 63.1 Å². The largest absolute Gasteiger partial charge is 0.274 e. The molecule has 7 aromatic carbocycles. The van der Waals surface area contributed by atoms with Crippen molar-refractivity contribution in [1.29, 1.82) is 10.5 Å². The summed E-state index contributed by atoms with van der Waals surface area (Å²) in [6.07, 6.45) is -1.97. The van der Waals surface area contributed by atoms with Crippen LogP contribution >= 0.6 is 0 Å². The highest BCUT2D eigenvalue weighted by Gasteiger charge is 2.39. The van der Waals surface area contributed by atoms with Crippen LogP contribution in [-0.2, 0) is 12.8 Å². The molecule has 7 aromatic rings. The molecule has 8 nitrogen and oxygen atoms in total. The molecule has 0 saturated heterocycles. The van der Waals surface area contributed by atoms with Crippen LogP contribution < -0.4 is 0 Å². The smallest absolute Gasteiger partial charge is 0.261 e. The number of imide groups is 2. The Labute approximate surface area is 326 Å². The van der Waals surface area contributed by atoms with Crippen molar-refractivity contribution in [2.45, 2.75) is 12.8 Å². The van der Waals surface area contributed by atoms with Crippen LogP contribution in [0.2, 0.25) is 0 Å². The summed E-state index contributed by atoms with van der Waals surface area (Å²) in [4.78, 5) is 56.9. The average Bonchev–Trinajstić information content (AvgIpc) is 3.25. The molecule has 0 fully saturated rings. The molecule has 296 valence electrons. The summed E-state index contributed by atoms with van der Waals surface area (Å²) in [5.41, 5.74) is -3.85. The summed E-state index contributed by atoms with van der Waals surface area (Å²) in [6, 6.07) is 11.4. The fourth-order valence-corrected chi connectivity index (χ4v) is 8.34. The van der Waals surface area contributed by atoms with E-state index < -0.39 is 119 Å². The fraction of sp³-hybridized carbons (Fsp3) is 0.0952. The van der Waals surface area contributed by atoms with Gasteiger partial charge in [0.1, 0.15) is 0 Å². The minimum absolute atomic E-state index is 0.0192. The van der Waals surface area contributed by atoms with Crippen molar-refractivity contribution in [3.8, 4) is 12.1 Å². The average molecular weight is 829 g/mol. The van der Waals surface area contributed by atoms with Gasteiger partial charge in [-0.1, -0.05) is 12.1 Å². The lowest BCUT2D eigenvalue weighted by Crippen LogP contribution is -2.42. The lowest BCUT2D eigenvalue weighted by molar-refractivity contribution is 0.0596. The van der Waals surface area contributed by atoms with Gasteiger partial charge in [-0.2, -0.15) is 10.5 Å². The van der Waals surface area contributed by atoms with E-state index in [4.69, 9.17) is 0 Å². The van der Waals surface area contributed by atoms with Crippen LogP contribution in [0.5, 0.6) is 0 Å². The highest BCUT2D eigenvalue weighted by molar-refractivity contribution is 6.42. The Bertz CT molecular complexity index is 3160. The van der Waals surface area contributed by atoms with Gasteiger partial charge in [0.05, 0.1) is 34.4 Å². The third-order valence-electron chi connectivity index (χ3n) is 11.0. The SMILES string of the molecule is N#Cc1cc2c3c(cc(C#N)c4c5ccc6c7c(ccc(c1c34)c75)C(=O)N(CCc1c(F)c(F)c(F)c(F)c1F)C6=O)C(=O)N(CCc1c(F)c(F)c(F)c(F)c1F)C2=O. The molecule has 60 heavy (non-hydrogen) atoms. The predicted octanol–water partition coefficient (Wildman–Crippen LogP) is 8.55. The maximum Gasteiger partial charge on any atom is 0.261 e. The van der Waals surface area contributed by atoms with E-state index in [0.717, 1.165) is 12.1 Å². The Balaban J connectivity index is 1.20. The summed E-state index contributed by atoms with van der Waals surface area (Å²) in [7, 11) is 0. The molecule has 9 rings (SSSR count). The number of hydrogen-bond acceptors (Lipinski definition) is 6. The Morgan fingerprint density at radius 3 is 1.07 bits per heavy atom. The van der Waals surface area contributed by atoms with E-state index in [2.05, 4.69) is 0 Å². The van der Waals surface area contributed by atoms with Gasteiger partial charge < -0.3 is 0 Å². The predicted molar refractivity (Wildman–Crippen MR) is 188 cm³/mol. The maximum absolute atomic E-state index is 14.5. The number of carbonyl (C=O) groups excluding carboxylic acids is 4. The van der Waals surface area contributed by atoms with Gasteiger partial charge in [-0.15, -0.1) is 0 Å². The molecule has 4 amide bonds. The van der Waals surface area contributed by atoms with E-state index >= 15 is 0 Å². The fourth-order valence-electron chi connectivity index (χ4n) is 8.34. The van der Waals surface area contributed by atoms with Crippen LogP contribution in [0.4, 0.5) is 43.9 Å². The lowest BCUT2D eigenvalue weighted by Gasteiger charge is -2.31. The number of amides is 4. The van der Waals surface area contributed by atoms with E-state index in [1.807, 2.05) is 12.1 Å². The first-order chi connectivity index (χ1) is 28.5. The third-order valence-corrected chi connectivity index (χ3v) is 11.0. The highest BCUT2D eigenvalue weighted by Crippen LogP contribution is 2.48. The molecule has 0 atom stereocenters. The number of rotatable bonds is 6. The van der Waals surface area contributed by atoms with Crippen LogP contribution in [0.1, 0.15) is 63.7 Å². The number of nitriles is 2. The van der Waals surface area contributed by atoms with E-state index in [0.29, 0.717) is 9.80 Å². The Hall–Kier alpha value is -7.60. The van der Waals surface area contributed by atoms with Gasteiger partial charge in [-0.25, -0.2) is 43.9 Å². The van der Waals surface area contributed by atoms with Crippen LogP contribution in [0.25, 0.3) is 43.1 Å². The van der Waals surface area contributed by atoms with Crippen molar-refractivity contribution in [3.63, 3.8) is 0 Å². The molecule has 0 N–H and O–H groups in total. The van der Waals surface area contributed by atoms with E-state index in [9.17, 15) is 73.6 Å². The third kappa shape index (κ3) is 4.78. The molecular weight excluding hydrogens is 814 g/mol. The number of nitrogens with zero attached hydrogens (tertiary/aromatic N) is 4.